The number of fused-ring (bicyclic) bond motifs is 1. The zero-order chi connectivity index (χ0) is 21.2. The van der Waals surface area contributed by atoms with Crippen molar-refractivity contribution in [1.29, 1.82) is 0 Å². The fourth-order valence-electron chi connectivity index (χ4n) is 3.59. The molecule has 2 aromatic heterocycles. The minimum Gasteiger partial charge on any atom is -0.497 e. The molecule has 5 aromatic rings. The SMILES string of the molecule is COc1ccc(-c2ccc(-c3ccc(OC)cc3)c3nn(-c4ccncc4)nc23)cc1. The lowest BCUT2D eigenvalue weighted by atomic mass is 9.98. The van der Waals surface area contributed by atoms with Gasteiger partial charge in [-0.2, -0.15) is 4.80 Å². The molecule has 0 saturated heterocycles. The molecule has 5 rings (SSSR count). The molecule has 0 fully saturated rings. The van der Waals surface area contributed by atoms with Crippen LogP contribution < -0.4 is 9.47 Å². The molecule has 0 aliphatic carbocycles. The highest BCUT2D eigenvalue weighted by Crippen LogP contribution is 2.35. The normalized spacial score (nSPS) is 10.9. The quantitative estimate of drug-likeness (QED) is 0.402. The maximum absolute atomic E-state index is 5.30. The van der Waals surface area contributed by atoms with Crippen LogP contribution in [0.2, 0.25) is 0 Å². The summed E-state index contributed by atoms with van der Waals surface area (Å²) in [7, 11) is 3.33. The van der Waals surface area contributed by atoms with Gasteiger partial charge >= 0.3 is 0 Å². The summed E-state index contributed by atoms with van der Waals surface area (Å²) < 4.78 is 10.6. The highest BCUT2D eigenvalue weighted by molar-refractivity contribution is 6.00. The van der Waals surface area contributed by atoms with Crippen LogP contribution in [0, 0.1) is 0 Å². The largest absolute Gasteiger partial charge is 0.497 e. The van der Waals surface area contributed by atoms with Crippen molar-refractivity contribution < 1.29 is 9.47 Å². The lowest BCUT2D eigenvalue weighted by Gasteiger charge is -2.08. The van der Waals surface area contributed by atoms with Gasteiger partial charge in [0.2, 0.25) is 0 Å². The van der Waals surface area contributed by atoms with E-state index in [-0.39, 0.29) is 0 Å². The Balaban J connectivity index is 1.72. The van der Waals surface area contributed by atoms with E-state index in [0.717, 1.165) is 50.5 Å². The van der Waals surface area contributed by atoms with Crippen LogP contribution >= 0.6 is 0 Å². The van der Waals surface area contributed by atoms with Crippen molar-refractivity contribution in [2.75, 3.05) is 14.2 Å². The second-order valence-electron chi connectivity index (χ2n) is 7.01. The first-order chi connectivity index (χ1) is 15.3. The van der Waals surface area contributed by atoms with Gasteiger partial charge in [-0.05, 0) is 47.5 Å². The molecule has 3 aromatic carbocycles. The van der Waals surface area contributed by atoms with Gasteiger partial charge in [-0.15, -0.1) is 10.2 Å². The summed E-state index contributed by atoms with van der Waals surface area (Å²) >= 11 is 0. The van der Waals surface area contributed by atoms with Crippen molar-refractivity contribution in [2.45, 2.75) is 0 Å². The Bertz CT molecular complexity index is 1240. The Morgan fingerprint density at radius 1 is 0.581 bits per heavy atom. The predicted octanol–water partition coefficient (Wildman–Crippen LogP) is 5.17. The third kappa shape index (κ3) is 3.48. The average Bonchev–Trinajstić information content (AvgIpc) is 3.30. The van der Waals surface area contributed by atoms with Gasteiger partial charge in [0.15, 0.2) is 0 Å². The zero-order valence-corrected chi connectivity index (χ0v) is 17.2. The molecule has 2 heterocycles. The molecule has 0 aliphatic heterocycles. The minimum absolute atomic E-state index is 0.815. The molecule has 0 saturated carbocycles. The second kappa shape index (κ2) is 7.91. The van der Waals surface area contributed by atoms with Crippen LogP contribution in [0.15, 0.2) is 85.2 Å². The fourth-order valence-corrected chi connectivity index (χ4v) is 3.59. The highest BCUT2D eigenvalue weighted by atomic mass is 16.5. The average molecular weight is 408 g/mol. The summed E-state index contributed by atoms with van der Waals surface area (Å²) in [6.07, 6.45) is 3.47. The van der Waals surface area contributed by atoms with Gasteiger partial charge in [0.05, 0.1) is 19.9 Å². The molecule has 31 heavy (non-hydrogen) atoms. The zero-order valence-electron chi connectivity index (χ0n) is 17.2. The Labute approximate surface area is 179 Å². The number of benzene rings is 3. The van der Waals surface area contributed by atoms with Gasteiger partial charge in [0.1, 0.15) is 22.5 Å². The van der Waals surface area contributed by atoms with Crippen molar-refractivity contribution in [3.05, 3.63) is 85.2 Å². The van der Waals surface area contributed by atoms with E-state index in [1.807, 2.05) is 60.7 Å². The van der Waals surface area contributed by atoms with Crippen molar-refractivity contribution >= 4 is 11.0 Å². The summed E-state index contributed by atoms with van der Waals surface area (Å²) in [5.41, 5.74) is 6.63. The van der Waals surface area contributed by atoms with Crippen molar-refractivity contribution in [1.82, 2.24) is 20.0 Å². The monoisotopic (exact) mass is 408 g/mol. The number of hydrogen-bond donors (Lipinski definition) is 0. The number of nitrogens with zero attached hydrogens (tertiary/aromatic N) is 4. The molecule has 0 atom stereocenters. The summed E-state index contributed by atoms with van der Waals surface area (Å²) in [5.74, 6) is 1.63. The number of pyridine rings is 1. The first kappa shape index (κ1) is 18.8. The van der Waals surface area contributed by atoms with Crippen LogP contribution in [-0.2, 0) is 0 Å². The number of rotatable bonds is 5. The standard InChI is InChI=1S/C25H20N4O2/c1-30-20-7-3-17(4-8-20)22-11-12-23(18-5-9-21(31-2)10-6-18)25-24(22)27-29(28-25)19-13-15-26-16-14-19/h3-16H,1-2H3. The number of aromatic nitrogens is 4. The molecule has 0 N–H and O–H groups in total. The Morgan fingerprint density at radius 3 is 1.45 bits per heavy atom. The van der Waals surface area contributed by atoms with Crippen molar-refractivity contribution in [3.8, 4) is 39.4 Å². The van der Waals surface area contributed by atoms with E-state index < -0.39 is 0 Å². The maximum atomic E-state index is 5.30. The van der Waals surface area contributed by atoms with E-state index in [1.165, 1.54) is 0 Å². The summed E-state index contributed by atoms with van der Waals surface area (Å²) in [6.45, 7) is 0. The van der Waals surface area contributed by atoms with Crippen LogP contribution in [0.3, 0.4) is 0 Å². The Hall–Kier alpha value is -4.19. The first-order valence-electron chi connectivity index (χ1n) is 9.86. The number of ether oxygens (including phenoxy) is 2. The summed E-state index contributed by atoms with van der Waals surface area (Å²) in [5, 5.41) is 9.69. The molecule has 0 unspecified atom stereocenters. The third-order valence-electron chi connectivity index (χ3n) is 5.24. The van der Waals surface area contributed by atoms with Gasteiger partial charge in [0.25, 0.3) is 0 Å². The molecule has 0 aliphatic rings. The lowest BCUT2D eigenvalue weighted by Crippen LogP contribution is -1.98. The smallest absolute Gasteiger partial charge is 0.122 e. The van der Waals surface area contributed by atoms with Gasteiger partial charge < -0.3 is 9.47 Å². The number of hydrogen-bond acceptors (Lipinski definition) is 5. The molecule has 0 amide bonds. The van der Waals surface area contributed by atoms with E-state index in [0.29, 0.717) is 0 Å². The molecule has 0 spiro atoms. The van der Waals surface area contributed by atoms with Crippen LogP contribution in [0.1, 0.15) is 0 Å². The molecule has 152 valence electrons. The van der Waals surface area contributed by atoms with Gasteiger partial charge in [-0.1, -0.05) is 36.4 Å². The van der Waals surface area contributed by atoms with E-state index in [4.69, 9.17) is 19.7 Å². The first-order valence-corrected chi connectivity index (χ1v) is 9.86. The summed E-state index contributed by atoms with van der Waals surface area (Å²) in [4.78, 5) is 5.75. The van der Waals surface area contributed by atoms with Crippen molar-refractivity contribution in [2.24, 2.45) is 0 Å². The van der Waals surface area contributed by atoms with Gasteiger partial charge in [0, 0.05) is 23.5 Å². The van der Waals surface area contributed by atoms with Crippen LogP contribution in [-0.4, -0.2) is 34.2 Å². The minimum atomic E-state index is 0.815. The topological polar surface area (TPSA) is 62.1 Å². The van der Waals surface area contributed by atoms with E-state index in [2.05, 4.69) is 17.1 Å². The van der Waals surface area contributed by atoms with Crippen molar-refractivity contribution in [3.63, 3.8) is 0 Å². The summed E-state index contributed by atoms with van der Waals surface area (Å²) in [6, 6.07) is 23.9. The molecule has 0 bridgehead atoms. The second-order valence-corrected chi connectivity index (χ2v) is 7.01. The Kier molecular flexibility index (Phi) is 4.80. The molecule has 0 radical (unpaired) electrons. The van der Waals surface area contributed by atoms with E-state index in [9.17, 15) is 0 Å². The fraction of sp³-hybridized carbons (Fsp3) is 0.0800. The molecule has 6 heteroatoms. The van der Waals surface area contributed by atoms with Gasteiger partial charge in [-0.25, -0.2) is 0 Å². The molecule has 6 nitrogen and oxygen atoms in total. The Morgan fingerprint density at radius 2 is 1.03 bits per heavy atom. The highest BCUT2D eigenvalue weighted by Gasteiger charge is 2.16. The van der Waals surface area contributed by atoms with Crippen LogP contribution in [0.4, 0.5) is 0 Å². The predicted molar refractivity (Wildman–Crippen MR) is 121 cm³/mol. The third-order valence-corrected chi connectivity index (χ3v) is 5.24. The molecular formula is C25H20N4O2. The van der Waals surface area contributed by atoms with Crippen LogP contribution in [0.5, 0.6) is 11.5 Å². The van der Waals surface area contributed by atoms with E-state index >= 15 is 0 Å². The van der Waals surface area contributed by atoms with Gasteiger partial charge in [-0.3, -0.25) is 4.98 Å². The molecular weight excluding hydrogens is 388 g/mol. The number of methoxy groups -OCH3 is 2. The van der Waals surface area contributed by atoms with Crippen LogP contribution in [0.25, 0.3) is 39.0 Å². The lowest BCUT2D eigenvalue weighted by molar-refractivity contribution is 0.415. The van der Waals surface area contributed by atoms with E-state index in [1.54, 1.807) is 31.4 Å². The maximum Gasteiger partial charge on any atom is 0.122 e.